The number of fused-ring (bicyclic) bond motifs is 1. The van der Waals surface area contributed by atoms with Crippen LogP contribution in [0.5, 0.6) is 0 Å². The molecule has 0 bridgehead atoms. The molecule has 1 atom stereocenters. The molecular weight excluding hydrogens is 556 g/mol. The lowest BCUT2D eigenvalue weighted by Gasteiger charge is -2.23. The maximum Gasteiger partial charge on any atom is 0.303 e. The number of nitrogens with one attached hydrogen (secondary N) is 1. The van der Waals surface area contributed by atoms with Gasteiger partial charge in [-0.3, -0.25) is 9.59 Å². The number of carbonyl (C=O) groups is 2. The number of pyridine rings is 1. The summed E-state index contributed by atoms with van der Waals surface area (Å²) in [6.07, 6.45) is 1.77. The number of hydrogen-bond acceptors (Lipinski definition) is 4. The number of carboxylic acid groups (broad SMARTS) is 1. The zero-order chi connectivity index (χ0) is 26.0. The maximum atomic E-state index is 14.7. The standard InChI is InChI=1S/C26H25BrClF2N3O3/c1-14-22(17-12-16(27)5-8-20(17)32-25(14)33-10-2-3-11-33)26(36)31-13-15(4-9-21(34)35)23-18(29)6-7-19(30)24(23)28/h5-8,12,15H,2-4,9-11,13H2,1H3,(H,31,36)(H,34,35)/t15-/m1/s1. The van der Waals surface area contributed by atoms with Crippen LogP contribution in [0.4, 0.5) is 14.6 Å². The number of aliphatic carboxylic acids is 1. The Labute approximate surface area is 220 Å². The van der Waals surface area contributed by atoms with Crippen molar-refractivity contribution in [1.29, 1.82) is 0 Å². The molecule has 0 aliphatic carbocycles. The van der Waals surface area contributed by atoms with Crippen molar-refractivity contribution in [3.05, 3.63) is 68.2 Å². The van der Waals surface area contributed by atoms with Crippen LogP contribution in [0, 0.1) is 18.6 Å². The molecule has 2 heterocycles. The molecule has 1 aliphatic heterocycles. The molecule has 1 amide bonds. The topological polar surface area (TPSA) is 82.5 Å². The fraction of sp³-hybridized carbons (Fsp3) is 0.346. The second kappa shape index (κ2) is 11.1. The van der Waals surface area contributed by atoms with Crippen LogP contribution in [0.15, 0.2) is 34.8 Å². The maximum absolute atomic E-state index is 14.7. The summed E-state index contributed by atoms with van der Waals surface area (Å²) in [5, 5.41) is 12.2. The summed E-state index contributed by atoms with van der Waals surface area (Å²) in [6.45, 7) is 3.43. The van der Waals surface area contributed by atoms with Crippen LogP contribution in [0.25, 0.3) is 10.9 Å². The Balaban J connectivity index is 1.70. The van der Waals surface area contributed by atoms with E-state index in [1.165, 1.54) is 0 Å². The van der Waals surface area contributed by atoms with Crippen LogP contribution in [-0.2, 0) is 4.79 Å². The molecule has 2 N–H and O–H groups in total. The summed E-state index contributed by atoms with van der Waals surface area (Å²) in [7, 11) is 0. The molecule has 36 heavy (non-hydrogen) atoms. The zero-order valence-electron chi connectivity index (χ0n) is 19.6. The van der Waals surface area contributed by atoms with E-state index in [0.29, 0.717) is 16.5 Å². The van der Waals surface area contributed by atoms with Crippen molar-refractivity contribution in [3.8, 4) is 0 Å². The van der Waals surface area contributed by atoms with E-state index in [2.05, 4.69) is 26.1 Å². The second-order valence-electron chi connectivity index (χ2n) is 8.89. The number of hydrogen-bond donors (Lipinski definition) is 2. The van der Waals surface area contributed by atoms with Crippen molar-refractivity contribution in [1.82, 2.24) is 10.3 Å². The average Bonchev–Trinajstić information content (AvgIpc) is 3.37. The Morgan fingerprint density at radius 2 is 1.89 bits per heavy atom. The summed E-state index contributed by atoms with van der Waals surface area (Å²) >= 11 is 9.52. The van der Waals surface area contributed by atoms with Crippen LogP contribution >= 0.6 is 27.5 Å². The lowest BCUT2D eigenvalue weighted by Crippen LogP contribution is -2.31. The van der Waals surface area contributed by atoms with E-state index in [1.54, 1.807) is 0 Å². The molecule has 6 nitrogen and oxygen atoms in total. The molecule has 1 aliphatic rings. The van der Waals surface area contributed by atoms with Gasteiger partial charge in [0.05, 0.1) is 16.1 Å². The minimum Gasteiger partial charge on any atom is -0.481 e. The summed E-state index contributed by atoms with van der Waals surface area (Å²) in [4.78, 5) is 31.8. The predicted octanol–water partition coefficient (Wildman–Crippen LogP) is 6.22. The van der Waals surface area contributed by atoms with Crippen molar-refractivity contribution in [2.75, 3.05) is 24.5 Å². The number of nitrogens with zero attached hydrogens (tertiary/aromatic N) is 2. The quantitative estimate of drug-likeness (QED) is 0.309. The first-order valence-corrected chi connectivity index (χ1v) is 12.8. The van der Waals surface area contributed by atoms with Gasteiger partial charge in [0.1, 0.15) is 17.5 Å². The highest BCUT2D eigenvalue weighted by atomic mass is 79.9. The first kappa shape index (κ1) is 26.3. The Kier molecular flexibility index (Phi) is 8.10. The summed E-state index contributed by atoms with van der Waals surface area (Å²) < 4.78 is 29.6. The molecule has 2 aromatic carbocycles. The molecule has 0 spiro atoms. The Morgan fingerprint density at radius 1 is 1.19 bits per heavy atom. The fourth-order valence-electron chi connectivity index (χ4n) is 4.71. The third-order valence-corrected chi connectivity index (χ3v) is 7.38. The van der Waals surface area contributed by atoms with Crippen molar-refractivity contribution < 1.29 is 23.5 Å². The van der Waals surface area contributed by atoms with Crippen LogP contribution in [0.3, 0.4) is 0 Å². The highest BCUT2D eigenvalue weighted by Crippen LogP contribution is 2.34. The molecule has 3 aromatic rings. The van der Waals surface area contributed by atoms with Gasteiger partial charge in [-0.25, -0.2) is 13.8 Å². The highest BCUT2D eigenvalue weighted by molar-refractivity contribution is 9.10. The van der Waals surface area contributed by atoms with Crippen molar-refractivity contribution in [2.45, 2.75) is 38.5 Å². The first-order chi connectivity index (χ1) is 17.2. The number of carboxylic acids is 1. The number of halogens is 4. The van der Waals surface area contributed by atoms with E-state index in [9.17, 15) is 18.4 Å². The highest BCUT2D eigenvalue weighted by Gasteiger charge is 2.26. The monoisotopic (exact) mass is 579 g/mol. The SMILES string of the molecule is Cc1c(N2CCCC2)nc2ccc(Br)cc2c1C(=O)NC[C@@H](CCC(=O)O)c1c(F)ccc(F)c1Cl. The number of rotatable bonds is 8. The Hall–Kier alpha value is -2.78. The van der Waals surface area contributed by atoms with Gasteiger partial charge in [-0.2, -0.15) is 0 Å². The lowest BCUT2D eigenvalue weighted by atomic mass is 9.93. The smallest absolute Gasteiger partial charge is 0.303 e. The van der Waals surface area contributed by atoms with Gasteiger partial charge >= 0.3 is 5.97 Å². The Morgan fingerprint density at radius 3 is 2.58 bits per heavy atom. The van der Waals surface area contributed by atoms with Crippen LogP contribution < -0.4 is 10.2 Å². The molecular formula is C26H25BrClF2N3O3. The van der Waals surface area contributed by atoms with E-state index < -0.39 is 34.5 Å². The van der Waals surface area contributed by atoms with Gasteiger partial charge < -0.3 is 15.3 Å². The number of anilines is 1. The third kappa shape index (κ3) is 5.47. The number of benzene rings is 2. The lowest BCUT2D eigenvalue weighted by molar-refractivity contribution is -0.137. The summed E-state index contributed by atoms with van der Waals surface area (Å²) in [5.74, 6) is -3.16. The largest absolute Gasteiger partial charge is 0.481 e. The van der Waals surface area contributed by atoms with Gasteiger partial charge in [0, 0.05) is 53.0 Å². The molecule has 1 fully saturated rings. The van der Waals surface area contributed by atoms with E-state index >= 15 is 0 Å². The first-order valence-electron chi connectivity index (χ1n) is 11.7. The molecule has 0 saturated carbocycles. The second-order valence-corrected chi connectivity index (χ2v) is 10.2. The van der Waals surface area contributed by atoms with Gasteiger partial charge in [0.2, 0.25) is 0 Å². The minimum atomic E-state index is -1.09. The summed E-state index contributed by atoms with van der Waals surface area (Å²) in [5.41, 5.74) is 1.68. The Bertz CT molecular complexity index is 1330. The van der Waals surface area contributed by atoms with Crippen molar-refractivity contribution >= 4 is 56.1 Å². The molecule has 4 rings (SSSR count). The average molecular weight is 581 g/mol. The molecule has 0 radical (unpaired) electrons. The normalized spacial score (nSPS) is 14.3. The molecule has 0 unspecified atom stereocenters. The van der Waals surface area contributed by atoms with Crippen LogP contribution in [-0.4, -0.2) is 41.6 Å². The van der Waals surface area contributed by atoms with Gasteiger partial charge in [-0.1, -0.05) is 27.5 Å². The van der Waals surface area contributed by atoms with Crippen molar-refractivity contribution in [3.63, 3.8) is 0 Å². The fourth-order valence-corrected chi connectivity index (χ4v) is 5.38. The number of carbonyl (C=O) groups excluding carboxylic acids is 1. The minimum absolute atomic E-state index is 0.0314. The zero-order valence-corrected chi connectivity index (χ0v) is 21.9. The van der Waals surface area contributed by atoms with Gasteiger partial charge in [0.15, 0.2) is 0 Å². The van der Waals surface area contributed by atoms with E-state index in [4.69, 9.17) is 21.7 Å². The van der Waals surface area contributed by atoms with E-state index in [1.807, 2.05) is 25.1 Å². The van der Waals surface area contributed by atoms with E-state index in [0.717, 1.165) is 53.9 Å². The molecule has 10 heteroatoms. The van der Waals surface area contributed by atoms with Gasteiger partial charge in [-0.05, 0) is 56.5 Å². The van der Waals surface area contributed by atoms with Gasteiger partial charge in [0.25, 0.3) is 5.91 Å². The number of amides is 1. The van der Waals surface area contributed by atoms with Gasteiger partial charge in [-0.15, -0.1) is 0 Å². The molecule has 190 valence electrons. The predicted molar refractivity (Wildman–Crippen MR) is 139 cm³/mol. The third-order valence-electron chi connectivity index (χ3n) is 6.50. The van der Waals surface area contributed by atoms with E-state index in [-0.39, 0.29) is 24.9 Å². The molecule has 1 aromatic heterocycles. The summed E-state index contributed by atoms with van der Waals surface area (Å²) in [6, 6.07) is 7.39. The van der Waals surface area contributed by atoms with Crippen molar-refractivity contribution in [2.24, 2.45) is 0 Å². The van der Waals surface area contributed by atoms with Crippen LogP contribution in [0.2, 0.25) is 5.02 Å². The number of aromatic nitrogens is 1. The molecule has 1 saturated heterocycles. The van der Waals surface area contributed by atoms with Crippen LogP contribution in [0.1, 0.15) is 53.1 Å².